The topological polar surface area (TPSA) is 67.1 Å². The predicted molar refractivity (Wildman–Crippen MR) is 92.0 cm³/mol. The van der Waals surface area contributed by atoms with E-state index in [1.807, 2.05) is 22.9 Å². The Morgan fingerprint density at radius 1 is 1.12 bits per heavy atom. The standard InChI is InChI=1S/C19H17N3O2/c23-19(24)14-6-8-15(9-7-14)22-18-16(10-11-20-18)17(21-22)12-13-4-2-1-3-5-13/h1-9,20H,10-12H2,(H,23,24). The zero-order valence-corrected chi connectivity index (χ0v) is 13.1. The number of hydrogen-bond acceptors (Lipinski definition) is 3. The Bertz CT molecular complexity index is 883. The van der Waals surface area contributed by atoms with E-state index in [1.165, 1.54) is 11.1 Å². The molecule has 0 spiro atoms. The molecule has 0 fully saturated rings. The molecular weight excluding hydrogens is 302 g/mol. The molecule has 1 aromatic heterocycles. The molecule has 0 unspecified atom stereocenters. The fraction of sp³-hybridized carbons (Fsp3) is 0.158. The molecule has 0 aliphatic carbocycles. The first kappa shape index (κ1) is 14.5. The van der Waals surface area contributed by atoms with E-state index in [1.54, 1.807) is 24.3 Å². The van der Waals surface area contributed by atoms with E-state index in [9.17, 15) is 4.79 Å². The van der Waals surface area contributed by atoms with Crippen LogP contribution in [-0.4, -0.2) is 27.4 Å². The van der Waals surface area contributed by atoms with E-state index in [2.05, 4.69) is 17.4 Å². The Balaban J connectivity index is 1.72. The van der Waals surface area contributed by atoms with Crippen LogP contribution in [0.5, 0.6) is 0 Å². The van der Waals surface area contributed by atoms with E-state index < -0.39 is 5.97 Å². The second kappa shape index (κ2) is 5.85. The molecule has 0 saturated heterocycles. The molecule has 2 N–H and O–H groups in total. The van der Waals surface area contributed by atoms with Crippen LogP contribution >= 0.6 is 0 Å². The number of benzene rings is 2. The van der Waals surface area contributed by atoms with Crippen molar-refractivity contribution in [1.29, 1.82) is 0 Å². The fourth-order valence-electron chi connectivity index (χ4n) is 3.11. The van der Waals surface area contributed by atoms with Gasteiger partial charge in [0.25, 0.3) is 0 Å². The van der Waals surface area contributed by atoms with E-state index >= 15 is 0 Å². The SMILES string of the molecule is O=C(O)c1ccc(-n2nc(Cc3ccccc3)c3c2NCC3)cc1. The predicted octanol–water partition coefficient (Wildman–Crippen LogP) is 3.13. The first-order valence-corrected chi connectivity index (χ1v) is 7.94. The van der Waals surface area contributed by atoms with Gasteiger partial charge >= 0.3 is 5.97 Å². The van der Waals surface area contributed by atoms with Gasteiger partial charge in [-0.15, -0.1) is 0 Å². The molecule has 0 bridgehead atoms. The third kappa shape index (κ3) is 2.54. The van der Waals surface area contributed by atoms with Gasteiger partial charge < -0.3 is 10.4 Å². The number of hydrogen-bond donors (Lipinski definition) is 2. The summed E-state index contributed by atoms with van der Waals surface area (Å²) < 4.78 is 1.88. The first-order valence-electron chi connectivity index (χ1n) is 7.94. The number of carboxylic acid groups (broad SMARTS) is 1. The molecule has 4 rings (SSSR count). The van der Waals surface area contributed by atoms with Gasteiger partial charge in [0, 0.05) is 18.5 Å². The molecule has 2 heterocycles. The third-order valence-electron chi connectivity index (χ3n) is 4.31. The number of rotatable bonds is 4. The number of carbonyl (C=O) groups is 1. The summed E-state index contributed by atoms with van der Waals surface area (Å²) in [5, 5.41) is 17.2. The number of aromatic carboxylic acids is 1. The summed E-state index contributed by atoms with van der Waals surface area (Å²) in [6.07, 6.45) is 1.76. The van der Waals surface area contributed by atoms with Crippen LogP contribution < -0.4 is 5.32 Å². The van der Waals surface area contributed by atoms with Gasteiger partial charge in [-0.2, -0.15) is 5.10 Å². The van der Waals surface area contributed by atoms with Gasteiger partial charge in [0.05, 0.1) is 16.9 Å². The first-order chi connectivity index (χ1) is 11.7. The quantitative estimate of drug-likeness (QED) is 0.775. The second-order valence-electron chi connectivity index (χ2n) is 5.88. The van der Waals surface area contributed by atoms with Crippen molar-refractivity contribution >= 4 is 11.8 Å². The molecule has 2 aromatic carbocycles. The van der Waals surface area contributed by atoms with Crippen LogP contribution in [0.1, 0.15) is 27.2 Å². The van der Waals surface area contributed by atoms with Gasteiger partial charge in [-0.25, -0.2) is 9.48 Å². The third-order valence-corrected chi connectivity index (χ3v) is 4.31. The summed E-state index contributed by atoms with van der Waals surface area (Å²) in [4.78, 5) is 11.0. The van der Waals surface area contributed by atoms with Gasteiger partial charge in [0.2, 0.25) is 0 Å². The molecule has 120 valence electrons. The Hall–Kier alpha value is -3.08. The zero-order chi connectivity index (χ0) is 16.5. The molecule has 5 heteroatoms. The van der Waals surface area contributed by atoms with Crippen LogP contribution in [0.3, 0.4) is 0 Å². The highest BCUT2D eigenvalue weighted by Gasteiger charge is 2.23. The largest absolute Gasteiger partial charge is 0.478 e. The smallest absolute Gasteiger partial charge is 0.335 e. The van der Waals surface area contributed by atoms with E-state index in [0.29, 0.717) is 0 Å². The molecule has 3 aromatic rings. The summed E-state index contributed by atoms with van der Waals surface area (Å²) in [7, 11) is 0. The van der Waals surface area contributed by atoms with Gasteiger partial charge in [0.1, 0.15) is 5.82 Å². The number of nitrogens with one attached hydrogen (secondary N) is 1. The molecule has 0 amide bonds. The minimum atomic E-state index is -0.921. The summed E-state index contributed by atoms with van der Waals surface area (Å²) in [6.45, 7) is 0.905. The fourth-order valence-corrected chi connectivity index (χ4v) is 3.11. The normalized spacial score (nSPS) is 12.7. The van der Waals surface area contributed by atoms with Crippen LogP contribution in [0.15, 0.2) is 54.6 Å². The second-order valence-corrected chi connectivity index (χ2v) is 5.88. The number of nitrogens with zero attached hydrogens (tertiary/aromatic N) is 2. The summed E-state index contributed by atoms with van der Waals surface area (Å²) >= 11 is 0. The van der Waals surface area contributed by atoms with Crippen molar-refractivity contribution in [3.05, 3.63) is 77.0 Å². The molecule has 0 saturated carbocycles. The van der Waals surface area contributed by atoms with Crippen molar-refractivity contribution in [3.63, 3.8) is 0 Å². The van der Waals surface area contributed by atoms with Crippen molar-refractivity contribution in [2.45, 2.75) is 12.8 Å². The van der Waals surface area contributed by atoms with Gasteiger partial charge in [-0.1, -0.05) is 30.3 Å². The monoisotopic (exact) mass is 319 g/mol. The lowest BCUT2D eigenvalue weighted by Gasteiger charge is -2.06. The van der Waals surface area contributed by atoms with Crippen LogP contribution in [0.4, 0.5) is 5.82 Å². The van der Waals surface area contributed by atoms with Crippen molar-refractivity contribution in [3.8, 4) is 5.69 Å². The van der Waals surface area contributed by atoms with Gasteiger partial charge in [0.15, 0.2) is 0 Å². The highest BCUT2D eigenvalue weighted by atomic mass is 16.4. The highest BCUT2D eigenvalue weighted by Crippen LogP contribution is 2.30. The highest BCUT2D eigenvalue weighted by molar-refractivity contribution is 5.87. The van der Waals surface area contributed by atoms with Crippen LogP contribution in [0, 0.1) is 0 Å². The van der Waals surface area contributed by atoms with Crippen LogP contribution in [-0.2, 0) is 12.8 Å². The molecule has 24 heavy (non-hydrogen) atoms. The number of fused-ring (bicyclic) bond motifs is 1. The van der Waals surface area contributed by atoms with Gasteiger partial charge in [-0.05, 0) is 36.2 Å². The lowest BCUT2D eigenvalue weighted by molar-refractivity contribution is 0.0697. The Morgan fingerprint density at radius 3 is 2.58 bits per heavy atom. The zero-order valence-electron chi connectivity index (χ0n) is 13.1. The maximum Gasteiger partial charge on any atom is 0.335 e. The van der Waals surface area contributed by atoms with E-state index in [-0.39, 0.29) is 5.56 Å². The van der Waals surface area contributed by atoms with Crippen LogP contribution in [0.2, 0.25) is 0 Å². The average Bonchev–Trinajstić information content (AvgIpc) is 3.20. The maximum absolute atomic E-state index is 11.0. The Morgan fingerprint density at radius 2 is 1.88 bits per heavy atom. The van der Waals surface area contributed by atoms with Crippen molar-refractivity contribution in [1.82, 2.24) is 9.78 Å². The molecule has 5 nitrogen and oxygen atoms in total. The minimum absolute atomic E-state index is 0.278. The molecule has 0 radical (unpaired) electrons. The Labute approximate surface area is 139 Å². The number of aromatic nitrogens is 2. The van der Waals surface area contributed by atoms with Gasteiger partial charge in [-0.3, -0.25) is 0 Å². The molecule has 0 atom stereocenters. The lowest BCUT2D eigenvalue weighted by atomic mass is 10.1. The van der Waals surface area contributed by atoms with Crippen LogP contribution in [0.25, 0.3) is 5.69 Å². The van der Waals surface area contributed by atoms with E-state index in [4.69, 9.17) is 10.2 Å². The molecule has 1 aliphatic heterocycles. The summed E-state index contributed by atoms with van der Waals surface area (Å²) in [6, 6.07) is 17.1. The van der Waals surface area contributed by atoms with Crippen molar-refractivity contribution < 1.29 is 9.90 Å². The Kier molecular flexibility index (Phi) is 3.54. The molecule has 1 aliphatic rings. The lowest BCUT2D eigenvalue weighted by Crippen LogP contribution is -2.05. The van der Waals surface area contributed by atoms with E-state index in [0.717, 1.165) is 36.6 Å². The summed E-state index contributed by atoms with van der Waals surface area (Å²) in [5.74, 6) is 0.0964. The summed E-state index contributed by atoms with van der Waals surface area (Å²) in [5.41, 5.74) is 4.70. The van der Waals surface area contributed by atoms with Crippen molar-refractivity contribution in [2.24, 2.45) is 0 Å². The van der Waals surface area contributed by atoms with Crippen molar-refractivity contribution in [2.75, 3.05) is 11.9 Å². The molecular formula is C19H17N3O2. The average molecular weight is 319 g/mol. The minimum Gasteiger partial charge on any atom is -0.478 e. The number of carboxylic acids is 1. The maximum atomic E-state index is 11.0. The number of anilines is 1.